The molecular formula is C16H23NO3. The molecule has 20 heavy (non-hydrogen) atoms. The highest BCUT2D eigenvalue weighted by Gasteiger charge is 2.09. The van der Waals surface area contributed by atoms with Gasteiger partial charge in [-0.05, 0) is 23.6 Å². The zero-order valence-corrected chi connectivity index (χ0v) is 12.2. The van der Waals surface area contributed by atoms with Gasteiger partial charge in [0.2, 0.25) is 5.91 Å². The fraction of sp³-hybridized carbons (Fsp3) is 0.438. The monoisotopic (exact) mass is 277 g/mol. The number of methoxy groups -OCH3 is 1. The fourth-order valence-electron chi connectivity index (χ4n) is 1.79. The van der Waals surface area contributed by atoms with Gasteiger partial charge in [0.05, 0.1) is 13.2 Å². The van der Waals surface area contributed by atoms with E-state index in [0.29, 0.717) is 19.7 Å². The van der Waals surface area contributed by atoms with E-state index in [0.717, 1.165) is 12.0 Å². The summed E-state index contributed by atoms with van der Waals surface area (Å²) < 4.78 is 4.96. The van der Waals surface area contributed by atoms with Crippen LogP contribution >= 0.6 is 0 Å². The molecule has 0 aliphatic rings. The zero-order valence-electron chi connectivity index (χ0n) is 12.2. The number of hydrogen-bond acceptors (Lipinski definition) is 3. The summed E-state index contributed by atoms with van der Waals surface area (Å²) in [6, 6.07) is 8.10. The lowest BCUT2D eigenvalue weighted by Gasteiger charge is -2.19. The van der Waals surface area contributed by atoms with Crippen LogP contribution in [0.2, 0.25) is 0 Å². The SMILES string of the molecule is CCc1ccc(/C=C/C(=O)N(CCO)CCOC)cc1. The van der Waals surface area contributed by atoms with Gasteiger partial charge in [0.25, 0.3) is 0 Å². The third-order valence-corrected chi connectivity index (χ3v) is 3.05. The Labute approximate surface area is 120 Å². The Morgan fingerprint density at radius 3 is 2.55 bits per heavy atom. The van der Waals surface area contributed by atoms with Crippen molar-refractivity contribution in [2.24, 2.45) is 0 Å². The molecule has 0 aromatic heterocycles. The van der Waals surface area contributed by atoms with Crippen LogP contribution in [0.4, 0.5) is 0 Å². The first-order valence-electron chi connectivity index (χ1n) is 6.87. The van der Waals surface area contributed by atoms with Gasteiger partial charge < -0.3 is 14.7 Å². The van der Waals surface area contributed by atoms with E-state index in [4.69, 9.17) is 9.84 Å². The quantitative estimate of drug-likeness (QED) is 0.736. The lowest BCUT2D eigenvalue weighted by atomic mass is 10.1. The van der Waals surface area contributed by atoms with Crippen LogP contribution in [0, 0.1) is 0 Å². The summed E-state index contributed by atoms with van der Waals surface area (Å²) >= 11 is 0. The number of ether oxygens (including phenoxy) is 1. The molecule has 0 fully saturated rings. The molecule has 0 atom stereocenters. The second-order valence-electron chi connectivity index (χ2n) is 4.47. The van der Waals surface area contributed by atoms with E-state index >= 15 is 0 Å². The van der Waals surface area contributed by atoms with E-state index in [9.17, 15) is 4.79 Å². The summed E-state index contributed by atoms with van der Waals surface area (Å²) in [6.45, 7) is 3.33. The Morgan fingerprint density at radius 2 is 2.00 bits per heavy atom. The summed E-state index contributed by atoms with van der Waals surface area (Å²) in [7, 11) is 1.59. The standard InChI is InChI=1S/C16H23NO3/c1-3-14-4-6-15(7-5-14)8-9-16(19)17(10-12-18)11-13-20-2/h4-9,18H,3,10-13H2,1-2H3/b9-8+. The predicted molar refractivity (Wildman–Crippen MR) is 80.4 cm³/mol. The van der Waals surface area contributed by atoms with Crippen LogP contribution in [-0.2, 0) is 16.0 Å². The maximum Gasteiger partial charge on any atom is 0.246 e. The van der Waals surface area contributed by atoms with Crippen molar-refractivity contribution in [2.75, 3.05) is 33.4 Å². The topological polar surface area (TPSA) is 49.8 Å². The molecule has 1 aromatic rings. The second kappa shape index (κ2) is 9.28. The minimum Gasteiger partial charge on any atom is -0.395 e. The molecule has 0 bridgehead atoms. The van der Waals surface area contributed by atoms with Gasteiger partial charge in [-0.3, -0.25) is 4.79 Å². The van der Waals surface area contributed by atoms with Crippen LogP contribution in [0.15, 0.2) is 30.3 Å². The molecule has 1 amide bonds. The van der Waals surface area contributed by atoms with Crippen LogP contribution in [0.1, 0.15) is 18.1 Å². The Hall–Kier alpha value is -1.65. The number of amides is 1. The van der Waals surface area contributed by atoms with Crippen LogP contribution in [0.3, 0.4) is 0 Å². The number of carbonyl (C=O) groups excluding carboxylic acids is 1. The van der Waals surface area contributed by atoms with Crippen LogP contribution in [-0.4, -0.2) is 49.3 Å². The first kappa shape index (κ1) is 16.4. The van der Waals surface area contributed by atoms with Crippen molar-refractivity contribution < 1.29 is 14.6 Å². The summed E-state index contributed by atoms with van der Waals surface area (Å²) in [6.07, 6.45) is 4.33. The molecule has 0 spiro atoms. The highest BCUT2D eigenvalue weighted by atomic mass is 16.5. The van der Waals surface area contributed by atoms with Crippen LogP contribution < -0.4 is 0 Å². The molecule has 0 heterocycles. The molecule has 0 aliphatic carbocycles. The smallest absolute Gasteiger partial charge is 0.246 e. The summed E-state index contributed by atoms with van der Waals surface area (Å²) in [5.41, 5.74) is 2.27. The Bertz CT molecular complexity index is 426. The number of aryl methyl sites for hydroxylation is 1. The number of benzene rings is 1. The van der Waals surface area contributed by atoms with Crippen molar-refractivity contribution in [2.45, 2.75) is 13.3 Å². The second-order valence-corrected chi connectivity index (χ2v) is 4.47. The molecule has 4 heteroatoms. The molecular weight excluding hydrogens is 254 g/mol. The highest BCUT2D eigenvalue weighted by Crippen LogP contribution is 2.07. The normalized spacial score (nSPS) is 10.9. The van der Waals surface area contributed by atoms with E-state index in [1.807, 2.05) is 12.1 Å². The van der Waals surface area contributed by atoms with Crippen molar-refractivity contribution >= 4 is 12.0 Å². The maximum atomic E-state index is 12.0. The molecule has 1 rings (SSSR count). The van der Waals surface area contributed by atoms with Crippen molar-refractivity contribution in [3.63, 3.8) is 0 Å². The van der Waals surface area contributed by atoms with Crippen LogP contribution in [0.5, 0.6) is 0 Å². The Balaban J connectivity index is 2.62. The number of carbonyl (C=O) groups is 1. The number of nitrogens with zero attached hydrogens (tertiary/aromatic N) is 1. The Morgan fingerprint density at radius 1 is 1.30 bits per heavy atom. The number of hydrogen-bond donors (Lipinski definition) is 1. The highest BCUT2D eigenvalue weighted by molar-refractivity contribution is 5.91. The van der Waals surface area contributed by atoms with Gasteiger partial charge in [0.15, 0.2) is 0 Å². The summed E-state index contributed by atoms with van der Waals surface area (Å²) in [5, 5.41) is 8.97. The van der Waals surface area contributed by atoms with E-state index in [1.54, 1.807) is 18.1 Å². The fourth-order valence-corrected chi connectivity index (χ4v) is 1.79. The molecule has 1 N–H and O–H groups in total. The van der Waals surface area contributed by atoms with Crippen molar-refractivity contribution in [3.8, 4) is 0 Å². The van der Waals surface area contributed by atoms with E-state index in [1.165, 1.54) is 11.6 Å². The van der Waals surface area contributed by atoms with Gasteiger partial charge in [0.1, 0.15) is 0 Å². The average molecular weight is 277 g/mol. The van der Waals surface area contributed by atoms with Gasteiger partial charge in [0, 0.05) is 26.3 Å². The third kappa shape index (κ3) is 5.55. The molecule has 1 aromatic carbocycles. The van der Waals surface area contributed by atoms with E-state index < -0.39 is 0 Å². The first-order valence-corrected chi connectivity index (χ1v) is 6.87. The third-order valence-electron chi connectivity index (χ3n) is 3.05. The largest absolute Gasteiger partial charge is 0.395 e. The lowest BCUT2D eigenvalue weighted by molar-refractivity contribution is -0.127. The van der Waals surface area contributed by atoms with Gasteiger partial charge in [-0.2, -0.15) is 0 Å². The van der Waals surface area contributed by atoms with E-state index in [2.05, 4.69) is 19.1 Å². The first-order chi connectivity index (χ1) is 9.71. The van der Waals surface area contributed by atoms with Gasteiger partial charge in [-0.15, -0.1) is 0 Å². The minimum absolute atomic E-state index is 0.0471. The van der Waals surface area contributed by atoms with Gasteiger partial charge in [-0.25, -0.2) is 0 Å². The molecule has 0 saturated heterocycles. The molecule has 4 nitrogen and oxygen atoms in total. The van der Waals surface area contributed by atoms with Crippen molar-refractivity contribution in [1.29, 1.82) is 0 Å². The number of aliphatic hydroxyl groups is 1. The molecule has 0 radical (unpaired) electrons. The molecule has 110 valence electrons. The number of aliphatic hydroxyl groups excluding tert-OH is 1. The molecule has 0 saturated carbocycles. The van der Waals surface area contributed by atoms with Crippen molar-refractivity contribution in [1.82, 2.24) is 4.90 Å². The van der Waals surface area contributed by atoms with Crippen LogP contribution in [0.25, 0.3) is 6.08 Å². The summed E-state index contributed by atoms with van der Waals surface area (Å²) in [4.78, 5) is 13.6. The maximum absolute atomic E-state index is 12.0. The van der Waals surface area contributed by atoms with Crippen molar-refractivity contribution in [3.05, 3.63) is 41.5 Å². The lowest BCUT2D eigenvalue weighted by Crippen LogP contribution is -2.34. The zero-order chi connectivity index (χ0) is 14.8. The molecule has 0 unspecified atom stereocenters. The number of rotatable bonds is 8. The minimum atomic E-state index is -0.115. The molecule has 0 aliphatic heterocycles. The van der Waals surface area contributed by atoms with Gasteiger partial charge >= 0.3 is 0 Å². The van der Waals surface area contributed by atoms with E-state index in [-0.39, 0.29) is 12.5 Å². The van der Waals surface area contributed by atoms with Gasteiger partial charge in [-0.1, -0.05) is 31.2 Å². The summed E-state index contributed by atoms with van der Waals surface area (Å²) in [5.74, 6) is -0.115. The average Bonchev–Trinajstić information content (AvgIpc) is 2.49. The Kier molecular flexibility index (Phi) is 7.62. The predicted octanol–water partition coefficient (Wildman–Crippen LogP) is 1.73.